The van der Waals surface area contributed by atoms with Gasteiger partial charge in [-0.25, -0.2) is 20.0 Å². The highest BCUT2D eigenvalue weighted by atomic mass is 35.5. The zero-order valence-corrected chi connectivity index (χ0v) is 21.0. The van der Waals surface area contributed by atoms with Gasteiger partial charge in [0, 0.05) is 18.8 Å². The molecule has 0 fully saturated rings. The Morgan fingerprint density at radius 2 is 1.82 bits per heavy atom. The van der Waals surface area contributed by atoms with E-state index in [4.69, 9.17) is 27.9 Å². The van der Waals surface area contributed by atoms with Gasteiger partial charge in [-0.3, -0.25) is 25.1 Å². The SMILES string of the molecule is C[C@@H](OC(=O)N/C(=C(/N)c1ccc(NC(=O)c2ccc(C(F)(F)F)nc2)cn1)N(C)N)c1cc(F)cnc1Cl. The summed E-state index contributed by atoms with van der Waals surface area (Å²) in [4.78, 5) is 35.8. The van der Waals surface area contributed by atoms with Crippen LogP contribution in [0.5, 0.6) is 0 Å². The molecule has 2 amide bonds. The van der Waals surface area contributed by atoms with E-state index in [2.05, 4.69) is 25.6 Å². The summed E-state index contributed by atoms with van der Waals surface area (Å²) in [6.07, 6.45) is -3.66. The molecular weight excluding hydrogens is 548 g/mol. The van der Waals surface area contributed by atoms with Gasteiger partial charge in [-0.2, -0.15) is 13.2 Å². The molecule has 11 nitrogen and oxygen atoms in total. The minimum atomic E-state index is -4.63. The molecule has 0 aliphatic rings. The number of halogens is 5. The fourth-order valence-electron chi connectivity index (χ4n) is 3.07. The number of alkyl halides is 3. The van der Waals surface area contributed by atoms with Crippen molar-refractivity contribution in [3.05, 3.63) is 88.2 Å². The minimum Gasteiger partial charge on any atom is -0.441 e. The molecule has 0 aliphatic carbocycles. The summed E-state index contributed by atoms with van der Waals surface area (Å²) in [6.45, 7) is 1.45. The van der Waals surface area contributed by atoms with Gasteiger partial charge in [0.15, 0.2) is 5.82 Å². The number of ether oxygens (including phenoxy) is 1. The van der Waals surface area contributed by atoms with Crippen molar-refractivity contribution in [2.75, 3.05) is 12.4 Å². The number of aromatic nitrogens is 3. The van der Waals surface area contributed by atoms with Crippen LogP contribution >= 0.6 is 11.6 Å². The van der Waals surface area contributed by atoms with Gasteiger partial charge >= 0.3 is 12.3 Å². The van der Waals surface area contributed by atoms with Crippen molar-refractivity contribution in [2.24, 2.45) is 11.6 Å². The van der Waals surface area contributed by atoms with Crippen LogP contribution < -0.4 is 22.2 Å². The first-order valence-electron chi connectivity index (χ1n) is 10.8. The third-order valence-corrected chi connectivity index (χ3v) is 5.31. The van der Waals surface area contributed by atoms with Gasteiger partial charge < -0.3 is 15.8 Å². The number of carbonyl (C=O) groups is 2. The molecule has 1 atom stereocenters. The molecule has 0 aliphatic heterocycles. The second kappa shape index (κ2) is 11.9. The molecule has 206 valence electrons. The van der Waals surface area contributed by atoms with Crippen molar-refractivity contribution in [3.8, 4) is 0 Å². The second-order valence-electron chi connectivity index (χ2n) is 7.90. The van der Waals surface area contributed by atoms with Crippen LogP contribution in [0.1, 0.15) is 40.3 Å². The molecule has 0 spiro atoms. The van der Waals surface area contributed by atoms with Crippen LogP contribution in [-0.2, 0) is 10.9 Å². The smallest absolute Gasteiger partial charge is 0.433 e. The van der Waals surface area contributed by atoms with Crippen LogP contribution in [0.15, 0.2) is 54.7 Å². The van der Waals surface area contributed by atoms with Crippen LogP contribution in [-0.4, -0.2) is 39.0 Å². The molecule has 0 saturated carbocycles. The van der Waals surface area contributed by atoms with Crippen LogP contribution in [0.4, 0.5) is 28.0 Å². The molecule has 3 heterocycles. The molecule has 0 saturated heterocycles. The average molecular weight is 569 g/mol. The van der Waals surface area contributed by atoms with Gasteiger partial charge in [0.05, 0.1) is 29.3 Å². The maximum atomic E-state index is 13.5. The van der Waals surface area contributed by atoms with E-state index >= 15 is 0 Å². The lowest BCUT2D eigenvalue weighted by atomic mass is 10.2. The highest BCUT2D eigenvalue weighted by Crippen LogP contribution is 2.27. The minimum absolute atomic E-state index is 0.0473. The molecule has 0 unspecified atom stereocenters. The summed E-state index contributed by atoms with van der Waals surface area (Å²) in [5, 5.41) is 5.78. The Labute approximate surface area is 223 Å². The average Bonchev–Trinajstić information content (AvgIpc) is 2.88. The van der Waals surface area contributed by atoms with E-state index in [1.807, 2.05) is 0 Å². The third-order valence-electron chi connectivity index (χ3n) is 5.00. The lowest BCUT2D eigenvalue weighted by Crippen LogP contribution is -2.39. The monoisotopic (exact) mass is 568 g/mol. The van der Waals surface area contributed by atoms with E-state index in [0.29, 0.717) is 6.07 Å². The van der Waals surface area contributed by atoms with Crippen LogP contribution in [0, 0.1) is 5.82 Å². The fourth-order valence-corrected chi connectivity index (χ4v) is 3.32. The zero-order chi connectivity index (χ0) is 28.9. The largest absolute Gasteiger partial charge is 0.441 e. The summed E-state index contributed by atoms with van der Waals surface area (Å²) < 4.78 is 56.7. The van der Waals surface area contributed by atoms with Gasteiger partial charge in [0.25, 0.3) is 5.91 Å². The molecule has 3 aromatic rings. The summed E-state index contributed by atoms with van der Waals surface area (Å²) >= 11 is 5.94. The molecule has 0 radical (unpaired) electrons. The number of hydrazine groups is 1. The quantitative estimate of drug-likeness (QED) is 0.144. The number of hydrogen-bond acceptors (Lipinski definition) is 9. The maximum absolute atomic E-state index is 13.5. The van der Waals surface area contributed by atoms with Crippen LogP contribution in [0.25, 0.3) is 5.70 Å². The van der Waals surface area contributed by atoms with Gasteiger partial charge in [0.1, 0.15) is 28.5 Å². The van der Waals surface area contributed by atoms with Gasteiger partial charge in [-0.15, -0.1) is 0 Å². The predicted octanol–water partition coefficient (Wildman–Crippen LogP) is 3.81. The molecule has 0 aromatic carbocycles. The van der Waals surface area contributed by atoms with Crippen molar-refractivity contribution in [1.82, 2.24) is 25.3 Å². The number of nitrogens with zero attached hydrogens (tertiary/aromatic N) is 4. The summed E-state index contributed by atoms with van der Waals surface area (Å²) in [5.74, 6) is 4.30. The predicted molar refractivity (Wildman–Crippen MR) is 132 cm³/mol. The van der Waals surface area contributed by atoms with Gasteiger partial charge in [0.2, 0.25) is 0 Å². The summed E-state index contributed by atoms with van der Waals surface area (Å²) in [7, 11) is 1.38. The second-order valence-corrected chi connectivity index (χ2v) is 8.25. The van der Waals surface area contributed by atoms with E-state index in [0.717, 1.165) is 29.5 Å². The highest BCUT2D eigenvalue weighted by Gasteiger charge is 2.32. The number of anilines is 1. The summed E-state index contributed by atoms with van der Waals surface area (Å²) in [6, 6.07) is 5.56. The van der Waals surface area contributed by atoms with E-state index in [1.54, 1.807) is 0 Å². The van der Waals surface area contributed by atoms with Crippen molar-refractivity contribution >= 4 is 35.0 Å². The number of nitrogens with one attached hydrogen (secondary N) is 2. The number of hydrogen-bond donors (Lipinski definition) is 4. The van der Waals surface area contributed by atoms with Crippen molar-refractivity contribution < 1.29 is 31.9 Å². The number of pyridine rings is 3. The highest BCUT2D eigenvalue weighted by molar-refractivity contribution is 6.30. The number of alkyl carbamates (subject to hydrolysis) is 1. The molecule has 3 aromatic heterocycles. The van der Waals surface area contributed by atoms with E-state index < -0.39 is 35.8 Å². The lowest BCUT2D eigenvalue weighted by molar-refractivity contribution is -0.141. The van der Waals surface area contributed by atoms with E-state index in [-0.39, 0.29) is 39.2 Å². The number of carbonyl (C=O) groups excluding carboxylic acids is 2. The molecule has 3 rings (SSSR count). The van der Waals surface area contributed by atoms with Crippen LogP contribution in [0.3, 0.4) is 0 Å². The molecule has 6 N–H and O–H groups in total. The third kappa shape index (κ3) is 7.52. The molecule has 16 heteroatoms. The van der Waals surface area contributed by atoms with Gasteiger partial charge in [-0.05, 0) is 37.3 Å². The number of amides is 2. The normalized spacial score (nSPS) is 12.7. The summed E-state index contributed by atoms with van der Waals surface area (Å²) in [5.41, 5.74) is 5.28. The van der Waals surface area contributed by atoms with Crippen LogP contribution in [0.2, 0.25) is 5.15 Å². The Morgan fingerprint density at radius 1 is 1.10 bits per heavy atom. The van der Waals surface area contributed by atoms with Crippen molar-refractivity contribution in [2.45, 2.75) is 19.2 Å². The Morgan fingerprint density at radius 3 is 2.38 bits per heavy atom. The number of rotatable bonds is 7. The van der Waals surface area contributed by atoms with Crippen molar-refractivity contribution in [1.29, 1.82) is 0 Å². The number of nitrogens with two attached hydrogens (primary N) is 2. The fraction of sp³-hybridized carbons (Fsp3) is 0.174. The Balaban J connectivity index is 1.70. The standard InChI is InChI=1S/C23H21ClF4N8O3/c1-11(15-7-13(25)9-33-19(15)24)39-22(38)35-20(36(2)30)18(29)16-5-4-14(10-31-16)34-21(37)12-3-6-17(32-8-12)23(26,27)28/h3-11H,29-30H2,1-2H3,(H,34,37)(H,35,38)/b20-18-/t11-/m1/s1. The Kier molecular flexibility index (Phi) is 8.88. The van der Waals surface area contributed by atoms with Gasteiger partial charge in [-0.1, -0.05) is 11.6 Å². The molecule has 39 heavy (non-hydrogen) atoms. The first-order chi connectivity index (χ1) is 18.3. The maximum Gasteiger partial charge on any atom is 0.433 e. The Hall–Kier alpha value is -4.50. The van der Waals surface area contributed by atoms with E-state index in [9.17, 15) is 27.2 Å². The first kappa shape index (κ1) is 29.1. The zero-order valence-electron chi connectivity index (χ0n) is 20.3. The Bertz CT molecular complexity index is 1380. The molecule has 0 bridgehead atoms. The first-order valence-corrected chi connectivity index (χ1v) is 11.2. The van der Waals surface area contributed by atoms with E-state index in [1.165, 1.54) is 32.3 Å². The molecular formula is C23H21ClF4N8O3. The topological polar surface area (TPSA) is 161 Å². The van der Waals surface area contributed by atoms with Crippen molar-refractivity contribution in [3.63, 3.8) is 0 Å². The lowest BCUT2D eigenvalue weighted by Gasteiger charge is -2.21.